The van der Waals surface area contributed by atoms with Crippen LogP contribution in [0.2, 0.25) is 0 Å². The van der Waals surface area contributed by atoms with Gasteiger partial charge in [-0.25, -0.2) is 4.57 Å². The molecule has 0 atom stereocenters. The van der Waals surface area contributed by atoms with Crippen LogP contribution in [0.4, 0.5) is 0 Å². The summed E-state index contributed by atoms with van der Waals surface area (Å²) >= 11 is 0. The van der Waals surface area contributed by atoms with Crippen molar-refractivity contribution in [3.8, 4) is 28.7 Å². The van der Waals surface area contributed by atoms with Gasteiger partial charge in [-0.2, -0.15) is 0 Å². The second-order valence-electron chi connectivity index (χ2n) is 5.74. The molecule has 2 N–H and O–H groups in total. The first-order valence-corrected chi connectivity index (χ1v) is 9.67. The molecule has 0 fully saturated rings. The third-order valence-electron chi connectivity index (χ3n) is 3.84. The second-order valence-corrected chi connectivity index (χ2v) is 6.91. The lowest BCUT2D eigenvalue weighted by Gasteiger charge is -2.14. The highest BCUT2D eigenvalue weighted by molar-refractivity contribution is 7.46. The van der Waals surface area contributed by atoms with Gasteiger partial charge in [-0.1, -0.05) is 12.2 Å². The average molecular weight is 410 g/mol. The van der Waals surface area contributed by atoms with Crippen molar-refractivity contribution in [2.75, 3.05) is 28.4 Å². The minimum Gasteiger partial charge on any atom is -0.493 e. The van der Waals surface area contributed by atoms with Crippen molar-refractivity contribution >= 4 is 20.0 Å². The zero-order valence-electron chi connectivity index (χ0n) is 16.3. The van der Waals surface area contributed by atoms with Crippen molar-refractivity contribution in [3.05, 3.63) is 41.0 Å². The predicted octanol–water partition coefficient (Wildman–Crippen LogP) is 3.67. The maximum Gasteiger partial charge on any atom is 0.524 e. The van der Waals surface area contributed by atoms with Crippen LogP contribution in [0.5, 0.6) is 28.7 Å². The monoisotopic (exact) mass is 410 g/mol. The fourth-order valence-corrected chi connectivity index (χ4v) is 3.10. The first kappa shape index (κ1) is 21.6. The number of ether oxygens (including phenoxy) is 4. The van der Waals surface area contributed by atoms with Gasteiger partial charge in [0.25, 0.3) is 0 Å². The molecule has 0 saturated carbocycles. The summed E-state index contributed by atoms with van der Waals surface area (Å²) in [5, 5.41) is 0. The quantitative estimate of drug-likeness (QED) is 0.502. The van der Waals surface area contributed by atoms with Crippen molar-refractivity contribution in [2.24, 2.45) is 0 Å². The maximum absolute atomic E-state index is 11.2. The molecule has 2 aromatic rings. The van der Waals surface area contributed by atoms with Crippen molar-refractivity contribution in [3.63, 3.8) is 0 Å². The van der Waals surface area contributed by atoms with Crippen LogP contribution >= 0.6 is 7.82 Å². The number of phosphoric ester groups is 1. The molecule has 0 saturated heterocycles. The van der Waals surface area contributed by atoms with Gasteiger partial charge in [-0.15, -0.1) is 0 Å². The molecule has 2 aromatic carbocycles. The molecule has 0 aliphatic rings. The van der Waals surface area contributed by atoms with E-state index in [1.54, 1.807) is 37.3 Å². The van der Waals surface area contributed by atoms with Gasteiger partial charge in [0.15, 0.2) is 23.0 Å². The predicted molar refractivity (Wildman–Crippen MR) is 105 cm³/mol. The number of aryl methyl sites for hydroxylation is 1. The van der Waals surface area contributed by atoms with Gasteiger partial charge in [-0.3, -0.25) is 9.79 Å². The van der Waals surface area contributed by atoms with E-state index in [9.17, 15) is 4.57 Å². The fraction of sp³-hybridized carbons (Fsp3) is 0.263. The average Bonchev–Trinajstić information content (AvgIpc) is 2.63. The largest absolute Gasteiger partial charge is 0.524 e. The van der Waals surface area contributed by atoms with Crippen molar-refractivity contribution < 1.29 is 37.8 Å². The van der Waals surface area contributed by atoms with Gasteiger partial charge in [0.1, 0.15) is 0 Å². The normalized spacial score (nSPS) is 11.4. The summed E-state index contributed by atoms with van der Waals surface area (Å²) in [6.07, 6.45) is 3.56. The molecular formula is C19H23O8P. The van der Waals surface area contributed by atoms with Crippen LogP contribution in [0.1, 0.15) is 16.7 Å². The summed E-state index contributed by atoms with van der Waals surface area (Å²) in [7, 11) is 1.27. The molecule has 0 aromatic heterocycles. The highest BCUT2D eigenvalue weighted by Gasteiger charge is 2.20. The van der Waals surface area contributed by atoms with Crippen molar-refractivity contribution in [1.29, 1.82) is 0 Å². The van der Waals surface area contributed by atoms with Crippen LogP contribution in [0.15, 0.2) is 24.3 Å². The Balaban J connectivity index is 2.45. The molecule has 0 radical (unpaired) electrons. The minimum absolute atomic E-state index is 0.0413. The Morgan fingerprint density at radius 2 is 1.21 bits per heavy atom. The van der Waals surface area contributed by atoms with E-state index in [1.807, 2.05) is 0 Å². The first-order valence-electron chi connectivity index (χ1n) is 8.14. The van der Waals surface area contributed by atoms with E-state index in [0.717, 1.165) is 5.56 Å². The summed E-state index contributed by atoms with van der Waals surface area (Å²) in [4.78, 5) is 18.2. The Morgan fingerprint density at radius 3 is 1.64 bits per heavy atom. The third-order valence-corrected chi connectivity index (χ3v) is 4.27. The number of hydrogen-bond acceptors (Lipinski definition) is 6. The minimum atomic E-state index is -4.73. The standard InChI is InChI=1S/C19H23O8P/c1-12-8-13(11-17(18(12)25-4)27-28(20,21)22)6-7-14-9-15(23-2)19(26-5)16(10-14)24-3/h6-11H,1-5H3,(H2,20,21,22)/b7-6-. The number of methoxy groups -OCH3 is 4. The molecule has 0 aliphatic carbocycles. The molecular weight excluding hydrogens is 387 g/mol. The van der Waals surface area contributed by atoms with Gasteiger partial charge in [0.2, 0.25) is 5.75 Å². The van der Waals surface area contributed by atoms with Crippen molar-refractivity contribution in [1.82, 2.24) is 0 Å². The second kappa shape index (κ2) is 9.01. The van der Waals surface area contributed by atoms with Crippen LogP contribution in [0.25, 0.3) is 12.2 Å². The lowest BCUT2D eigenvalue weighted by Crippen LogP contribution is -1.97. The van der Waals surface area contributed by atoms with E-state index >= 15 is 0 Å². The number of phosphoric acid groups is 1. The van der Waals surface area contributed by atoms with Gasteiger partial charge in [-0.05, 0) is 47.9 Å². The van der Waals surface area contributed by atoms with E-state index in [0.29, 0.717) is 28.4 Å². The fourth-order valence-electron chi connectivity index (χ4n) is 2.71. The lowest BCUT2D eigenvalue weighted by molar-refractivity contribution is 0.276. The molecule has 2 rings (SSSR count). The molecule has 0 bridgehead atoms. The van der Waals surface area contributed by atoms with E-state index in [-0.39, 0.29) is 11.5 Å². The smallest absolute Gasteiger partial charge is 0.493 e. The molecule has 0 unspecified atom stereocenters. The van der Waals surface area contributed by atoms with Gasteiger partial charge in [0.05, 0.1) is 28.4 Å². The Labute approximate surface area is 163 Å². The third kappa shape index (κ3) is 5.19. The number of hydrogen-bond donors (Lipinski definition) is 2. The van der Waals surface area contributed by atoms with E-state index < -0.39 is 7.82 Å². The van der Waals surface area contributed by atoms with E-state index in [4.69, 9.17) is 33.3 Å². The molecule has 0 spiro atoms. The zero-order chi connectivity index (χ0) is 20.9. The van der Waals surface area contributed by atoms with Crippen LogP contribution in [-0.4, -0.2) is 38.2 Å². The Kier molecular flexibility index (Phi) is 6.96. The highest BCUT2D eigenvalue weighted by Crippen LogP contribution is 2.44. The molecule has 152 valence electrons. The molecule has 9 heteroatoms. The Morgan fingerprint density at radius 1 is 0.750 bits per heavy atom. The van der Waals surface area contributed by atoms with Crippen LogP contribution in [0.3, 0.4) is 0 Å². The number of benzene rings is 2. The summed E-state index contributed by atoms with van der Waals surface area (Å²) in [6.45, 7) is 1.75. The summed E-state index contributed by atoms with van der Waals surface area (Å²) in [5.41, 5.74) is 2.11. The van der Waals surface area contributed by atoms with Gasteiger partial charge in [0, 0.05) is 0 Å². The Hall–Kier alpha value is -2.67. The molecule has 0 aliphatic heterocycles. The maximum atomic E-state index is 11.2. The van der Waals surface area contributed by atoms with Crippen molar-refractivity contribution in [2.45, 2.75) is 6.92 Å². The molecule has 28 heavy (non-hydrogen) atoms. The summed E-state index contributed by atoms with van der Waals surface area (Å²) in [5.74, 6) is 1.73. The van der Waals surface area contributed by atoms with Crippen LogP contribution < -0.4 is 23.5 Å². The van der Waals surface area contributed by atoms with E-state index in [1.165, 1.54) is 34.5 Å². The Bertz CT molecular complexity index is 891. The van der Waals surface area contributed by atoms with Crippen LogP contribution in [-0.2, 0) is 4.57 Å². The molecule has 0 amide bonds. The molecule has 0 heterocycles. The van der Waals surface area contributed by atoms with E-state index in [2.05, 4.69) is 0 Å². The number of rotatable bonds is 8. The molecule has 8 nitrogen and oxygen atoms in total. The summed E-state index contributed by atoms with van der Waals surface area (Å²) in [6, 6.07) is 6.85. The van der Waals surface area contributed by atoms with Gasteiger partial charge >= 0.3 is 7.82 Å². The lowest BCUT2D eigenvalue weighted by atomic mass is 10.1. The summed E-state index contributed by atoms with van der Waals surface area (Å²) < 4.78 is 37.1. The highest BCUT2D eigenvalue weighted by atomic mass is 31.2. The topological polar surface area (TPSA) is 104 Å². The van der Waals surface area contributed by atoms with Gasteiger partial charge < -0.3 is 23.5 Å². The SMILES string of the molecule is COc1cc(/C=C\c2cc(C)c(OC)c(OP(=O)(O)O)c2)cc(OC)c1OC. The van der Waals surface area contributed by atoms with Crippen LogP contribution in [0, 0.1) is 6.92 Å². The zero-order valence-corrected chi connectivity index (χ0v) is 17.1. The first-order chi connectivity index (χ1) is 13.2.